The van der Waals surface area contributed by atoms with Gasteiger partial charge < -0.3 is 15.7 Å². The van der Waals surface area contributed by atoms with Crippen molar-refractivity contribution in [2.45, 2.75) is 39.2 Å². The standard InChI is InChI=1S/C10H20N2O3/c1-10(2,3)12-7-8(13)11-6-4-5-9(14)15/h12H,4-7H2,1-3H3,(H,11,13)(H,14,15). The molecule has 5 nitrogen and oxygen atoms in total. The number of hydrogen-bond acceptors (Lipinski definition) is 3. The number of nitrogens with one attached hydrogen (secondary N) is 2. The van der Waals surface area contributed by atoms with Gasteiger partial charge in [0.2, 0.25) is 5.91 Å². The van der Waals surface area contributed by atoms with Crippen molar-refractivity contribution < 1.29 is 14.7 Å². The molecule has 0 radical (unpaired) electrons. The van der Waals surface area contributed by atoms with Gasteiger partial charge in [-0.1, -0.05) is 0 Å². The van der Waals surface area contributed by atoms with Crippen molar-refractivity contribution in [2.24, 2.45) is 0 Å². The van der Waals surface area contributed by atoms with Crippen LogP contribution >= 0.6 is 0 Å². The van der Waals surface area contributed by atoms with Crippen LogP contribution in [0.15, 0.2) is 0 Å². The largest absolute Gasteiger partial charge is 0.481 e. The Morgan fingerprint density at radius 1 is 1.27 bits per heavy atom. The van der Waals surface area contributed by atoms with Crippen LogP contribution < -0.4 is 10.6 Å². The van der Waals surface area contributed by atoms with Crippen molar-refractivity contribution in [3.63, 3.8) is 0 Å². The van der Waals surface area contributed by atoms with E-state index in [1.807, 2.05) is 20.8 Å². The van der Waals surface area contributed by atoms with Crippen LogP contribution in [-0.4, -0.2) is 35.6 Å². The number of carboxylic acids is 1. The molecule has 0 fully saturated rings. The molecule has 0 aromatic heterocycles. The maximum absolute atomic E-state index is 11.2. The number of amides is 1. The predicted octanol–water partition coefficient (Wildman–Crippen LogP) is 0.355. The Kier molecular flexibility index (Phi) is 5.93. The van der Waals surface area contributed by atoms with E-state index < -0.39 is 5.97 Å². The van der Waals surface area contributed by atoms with E-state index >= 15 is 0 Å². The average Bonchev–Trinajstić information content (AvgIpc) is 2.07. The number of carbonyl (C=O) groups is 2. The van der Waals surface area contributed by atoms with Crippen LogP contribution in [0, 0.1) is 0 Å². The SMILES string of the molecule is CC(C)(C)NCC(=O)NCCCC(=O)O. The van der Waals surface area contributed by atoms with E-state index in [2.05, 4.69) is 10.6 Å². The molecule has 0 heterocycles. The van der Waals surface area contributed by atoms with Crippen LogP contribution in [0.25, 0.3) is 0 Å². The molecule has 5 heteroatoms. The van der Waals surface area contributed by atoms with Crippen LogP contribution in [0.2, 0.25) is 0 Å². The Hall–Kier alpha value is -1.10. The first-order valence-electron chi connectivity index (χ1n) is 5.05. The summed E-state index contributed by atoms with van der Waals surface area (Å²) in [6.45, 7) is 6.60. The quantitative estimate of drug-likeness (QED) is 0.560. The first-order chi connectivity index (χ1) is 6.81. The van der Waals surface area contributed by atoms with Crippen molar-refractivity contribution in [1.29, 1.82) is 0 Å². The molecule has 88 valence electrons. The molecule has 15 heavy (non-hydrogen) atoms. The first-order valence-corrected chi connectivity index (χ1v) is 5.05. The number of rotatable bonds is 6. The maximum Gasteiger partial charge on any atom is 0.303 e. The summed E-state index contributed by atoms with van der Waals surface area (Å²) in [5.41, 5.74) is -0.0849. The molecule has 0 aromatic rings. The average molecular weight is 216 g/mol. The molecule has 1 amide bonds. The third kappa shape index (κ3) is 10.8. The van der Waals surface area contributed by atoms with E-state index in [1.165, 1.54) is 0 Å². The van der Waals surface area contributed by atoms with Gasteiger partial charge in [-0.05, 0) is 27.2 Å². The zero-order chi connectivity index (χ0) is 11.9. The fourth-order valence-corrected chi connectivity index (χ4v) is 0.875. The Bertz CT molecular complexity index is 221. The third-order valence-electron chi connectivity index (χ3n) is 1.67. The van der Waals surface area contributed by atoms with Crippen LogP contribution in [-0.2, 0) is 9.59 Å². The molecular weight excluding hydrogens is 196 g/mol. The fraction of sp³-hybridized carbons (Fsp3) is 0.800. The summed E-state index contributed by atoms with van der Waals surface area (Å²) in [5, 5.41) is 14.1. The second-order valence-corrected chi connectivity index (χ2v) is 4.45. The normalized spacial score (nSPS) is 11.1. The van der Waals surface area contributed by atoms with Gasteiger partial charge >= 0.3 is 5.97 Å². The zero-order valence-corrected chi connectivity index (χ0v) is 9.59. The summed E-state index contributed by atoms with van der Waals surface area (Å²) in [4.78, 5) is 21.4. The highest BCUT2D eigenvalue weighted by molar-refractivity contribution is 5.78. The topological polar surface area (TPSA) is 78.4 Å². The third-order valence-corrected chi connectivity index (χ3v) is 1.67. The zero-order valence-electron chi connectivity index (χ0n) is 9.59. The second kappa shape index (κ2) is 6.40. The van der Waals surface area contributed by atoms with E-state index in [-0.39, 0.29) is 24.4 Å². The summed E-state index contributed by atoms with van der Waals surface area (Å²) in [6.07, 6.45) is 0.559. The molecule has 0 aliphatic heterocycles. The van der Waals surface area contributed by atoms with Gasteiger partial charge in [0.15, 0.2) is 0 Å². The molecule has 0 aliphatic rings. The summed E-state index contributed by atoms with van der Waals surface area (Å²) in [7, 11) is 0. The van der Waals surface area contributed by atoms with E-state index in [1.54, 1.807) is 0 Å². The number of carbonyl (C=O) groups excluding carboxylic acids is 1. The maximum atomic E-state index is 11.2. The van der Waals surface area contributed by atoms with Gasteiger partial charge in [-0.15, -0.1) is 0 Å². The number of aliphatic carboxylic acids is 1. The molecule has 0 bridgehead atoms. The van der Waals surface area contributed by atoms with E-state index in [0.29, 0.717) is 13.0 Å². The minimum Gasteiger partial charge on any atom is -0.481 e. The summed E-state index contributed by atoms with van der Waals surface area (Å²) < 4.78 is 0. The molecule has 3 N–H and O–H groups in total. The van der Waals surface area contributed by atoms with E-state index in [9.17, 15) is 9.59 Å². The van der Waals surface area contributed by atoms with Crippen molar-refractivity contribution in [2.75, 3.05) is 13.1 Å². The minimum atomic E-state index is -0.836. The molecule has 0 aliphatic carbocycles. The highest BCUT2D eigenvalue weighted by Gasteiger charge is 2.10. The van der Waals surface area contributed by atoms with Crippen LogP contribution in [0.3, 0.4) is 0 Å². The van der Waals surface area contributed by atoms with Gasteiger partial charge in [0.05, 0.1) is 6.54 Å². The molecule has 0 aromatic carbocycles. The molecule has 0 rings (SSSR count). The molecule has 0 saturated heterocycles. The molecule has 0 atom stereocenters. The van der Waals surface area contributed by atoms with E-state index in [0.717, 1.165) is 0 Å². The minimum absolute atomic E-state index is 0.0849. The number of carboxylic acid groups (broad SMARTS) is 1. The Morgan fingerprint density at radius 3 is 2.33 bits per heavy atom. The van der Waals surface area contributed by atoms with Gasteiger partial charge in [-0.25, -0.2) is 0 Å². The molecule has 0 spiro atoms. The lowest BCUT2D eigenvalue weighted by atomic mass is 10.1. The van der Waals surface area contributed by atoms with Crippen LogP contribution in [0.5, 0.6) is 0 Å². The van der Waals surface area contributed by atoms with Gasteiger partial charge in [0.1, 0.15) is 0 Å². The van der Waals surface area contributed by atoms with Gasteiger partial charge in [-0.3, -0.25) is 9.59 Å². The van der Waals surface area contributed by atoms with Crippen LogP contribution in [0.1, 0.15) is 33.6 Å². The predicted molar refractivity (Wildman–Crippen MR) is 57.6 cm³/mol. The van der Waals surface area contributed by atoms with E-state index in [4.69, 9.17) is 5.11 Å². The monoisotopic (exact) mass is 216 g/mol. The molecule has 0 unspecified atom stereocenters. The lowest BCUT2D eigenvalue weighted by molar-refractivity contribution is -0.137. The van der Waals surface area contributed by atoms with Gasteiger partial charge in [0, 0.05) is 18.5 Å². The van der Waals surface area contributed by atoms with Gasteiger partial charge in [-0.2, -0.15) is 0 Å². The lowest BCUT2D eigenvalue weighted by Gasteiger charge is -2.19. The Morgan fingerprint density at radius 2 is 1.87 bits per heavy atom. The second-order valence-electron chi connectivity index (χ2n) is 4.45. The summed E-state index contributed by atoms with van der Waals surface area (Å²) >= 11 is 0. The highest BCUT2D eigenvalue weighted by Crippen LogP contribution is 1.96. The first kappa shape index (κ1) is 13.9. The summed E-state index contributed by atoms with van der Waals surface area (Å²) in [6, 6.07) is 0. The lowest BCUT2D eigenvalue weighted by Crippen LogP contribution is -2.43. The van der Waals surface area contributed by atoms with Crippen molar-refractivity contribution in [3.05, 3.63) is 0 Å². The Balaban J connectivity index is 3.46. The molecular formula is C10H20N2O3. The smallest absolute Gasteiger partial charge is 0.303 e. The summed E-state index contributed by atoms with van der Waals surface area (Å²) in [5.74, 6) is -0.938. The Labute approximate surface area is 90.2 Å². The van der Waals surface area contributed by atoms with Crippen molar-refractivity contribution >= 4 is 11.9 Å². The highest BCUT2D eigenvalue weighted by atomic mass is 16.4. The van der Waals surface area contributed by atoms with Crippen LogP contribution in [0.4, 0.5) is 0 Å². The fourth-order valence-electron chi connectivity index (χ4n) is 0.875. The van der Waals surface area contributed by atoms with Crippen molar-refractivity contribution in [1.82, 2.24) is 10.6 Å². The number of hydrogen-bond donors (Lipinski definition) is 3. The van der Waals surface area contributed by atoms with Gasteiger partial charge in [0.25, 0.3) is 0 Å². The molecule has 0 saturated carbocycles. The van der Waals surface area contributed by atoms with Crippen molar-refractivity contribution in [3.8, 4) is 0 Å².